The Morgan fingerprint density at radius 1 is 1.71 bits per heavy atom. The third-order valence-corrected chi connectivity index (χ3v) is 1.69. The number of aliphatic hydroxyl groups is 1. The number of hydrogen-bond donors (Lipinski definition) is 4. The molecule has 0 aliphatic rings. The van der Waals surface area contributed by atoms with Gasteiger partial charge >= 0.3 is 5.69 Å². The van der Waals surface area contributed by atoms with Crippen LogP contribution in [-0.4, -0.2) is 33.6 Å². The number of amides is 1. The lowest BCUT2D eigenvalue weighted by Crippen LogP contribution is -2.31. The van der Waals surface area contributed by atoms with E-state index in [0.717, 1.165) is 0 Å². The van der Waals surface area contributed by atoms with E-state index in [9.17, 15) is 14.7 Å². The number of hydrogen-bond acceptors (Lipinski definition) is 3. The fraction of sp³-hybridized carbons (Fsp3) is 0.500. The molecule has 6 heteroatoms. The van der Waals surface area contributed by atoms with Crippen LogP contribution in [0.15, 0.2) is 11.0 Å². The van der Waals surface area contributed by atoms with E-state index in [4.69, 9.17) is 0 Å². The summed E-state index contributed by atoms with van der Waals surface area (Å²) in [7, 11) is 0. The fourth-order valence-electron chi connectivity index (χ4n) is 1.07. The van der Waals surface area contributed by atoms with Crippen molar-refractivity contribution in [3.05, 3.63) is 22.4 Å². The molecule has 1 atom stereocenters. The molecule has 0 aliphatic carbocycles. The van der Waals surface area contributed by atoms with Gasteiger partial charge in [0.1, 0.15) is 0 Å². The van der Waals surface area contributed by atoms with Crippen LogP contribution in [0.2, 0.25) is 0 Å². The number of nitrogens with one attached hydrogen (secondary N) is 3. The second kappa shape index (κ2) is 4.61. The predicted octanol–water partition coefficient (Wildman–Crippen LogP) is -1.26. The van der Waals surface area contributed by atoms with Crippen molar-refractivity contribution < 1.29 is 9.90 Å². The van der Waals surface area contributed by atoms with Gasteiger partial charge in [0.2, 0.25) is 5.91 Å². The summed E-state index contributed by atoms with van der Waals surface area (Å²) in [6.45, 7) is 1.56. The Bertz CT molecular complexity index is 355. The largest absolute Gasteiger partial charge is 0.391 e. The average Bonchev–Trinajstić information content (AvgIpc) is 2.48. The molecule has 0 bridgehead atoms. The Balaban J connectivity index is 2.37. The summed E-state index contributed by atoms with van der Waals surface area (Å²) in [6.07, 6.45) is 1.11. The molecule has 1 rings (SSSR count). The second-order valence-electron chi connectivity index (χ2n) is 3.06. The molecule has 1 heterocycles. The van der Waals surface area contributed by atoms with Gasteiger partial charge in [0.25, 0.3) is 0 Å². The first-order valence-corrected chi connectivity index (χ1v) is 4.27. The molecule has 0 aliphatic heterocycles. The van der Waals surface area contributed by atoms with E-state index in [-0.39, 0.29) is 18.1 Å². The second-order valence-corrected chi connectivity index (χ2v) is 3.06. The van der Waals surface area contributed by atoms with E-state index < -0.39 is 6.10 Å². The van der Waals surface area contributed by atoms with E-state index >= 15 is 0 Å². The minimum atomic E-state index is -0.689. The molecule has 0 aromatic carbocycles. The summed E-state index contributed by atoms with van der Waals surface area (Å²) in [6, 6.07) is 0. The van der Waals surface area contributed by atoms with Crippen molar-refractivity contribution in [1.29, 1.82) is 0 Å². The van der Waals surface area contributed by atoms with Crippen molar-refractivity contribution in [3.8, 4) is 0 Å². The minimum absolute atomic E-state index is 0.183. The highest BCUT2D eigenvalue weighted by atomic mass is 16.3. The fourth-order valence-corrected chi connectivity index (χ4v) is 1.07. The molecule has 0 fully saturated rings. The highest BCUT2D eigenvalue weighted by molar-refractivity contribution is 5.72. The molecule has 0 spiro atoms. The maximum Gasteiger partial charge on any atom is 0.323 e. The van der Waals surface area contributed by atoms with Crippen molar-refractivity contribution in [2.75, 3.05) is 6.54 Å². The Morgan fingerprint density at radius 3 is 2.93 bits per heavy atom. The molecule has 1 amide bonds. The minimum Gasteiger partial charge on any atom is -0.391 e. The zero-order valence-corrected chi connectivity index (χ0v) is 7.83. The molecule has 78 valence electrons. The van der Waals surface area contributed by atoms with Gasteiger partial charge in [-0.15, -0.1) is 0 Å². The number of carbonyl (C=O) groups excluding carboxylic acids is 1. The lowest BCUT2D eigenvalue weighted by atomic mass is 10.2. The van der Waals surface area contributed by atoms with Gasteiger partial charge in [-0.05, 0) is 0 Å². The normalized spacial score (nSPS) is 12.4. The van der Waals surface area contributed by atoms with Crippen molar-refractivity contribution in [2.45, 2.75) is 19.4 Å². The molecule has 1 aromatic rings. The van der Waals surface area contributed by atoms with Crippen LogP contribution in [0.1, 0.15) is 12.6 Å². The Morgan fingerprint density at radius 2 is 2.43 bits per heavy atom. The molecule has 4 N–H and O–H groups in total. The van der Waals surface area contributed by atoms with E-state index in [2.05, 4.69) is 15.3 Å². The summed E-state index contributed by atoms with van der Waals surface area (Å²) in [4.78, 5) is 26.1. The monoisotopic (exact) mass is 199 g/mol. The zero-order valence-electron chi connectivity index (χ0n) is 7.83. The van der Waals surface area contributed by atoms with Crippen molar-refractivity contribution in [1.82, 2.24) is 15.3 Å². The van der Waals surface area contributed by atoms with Gasteiger partial charge in [0.05, 0.1) is 6.10 Å². The van der Waals surface area contributed by atoms with Crippen molar-refractivity contribution >= 4 is 5.91 Å². The van der Waals surface area contributed by atoms with E-state index in [1.807, 2.05) is 0 Å². The number of aromatic amines is 2. The number of H-pyrrole nitrogens is 2. The number of aromatic nitrogens is 2. The first-order valence-electron chi connectivity index (χ1n) is 4.27. The molecular formula is C8H13N3O3. The SMILES string of the molecule is CC(=O)NCC(O)Cc1c[nH]c(=O)[nH]1. The molecular weight excluding hydrogens is 186 g/mol. The summed E-state index contributed by atoms with van der Waals surface area (Å²) < 4.78 is 0. The van der Waals surface area contributed by atoms with Gasteiger partial charge in [0, 0.05) is 31.8 Å². The van der Waals surface area contributed by atoms with Crippen molar-refractivity contribution in [3.63, 3.8) is 0 Å². The quantitative estimate of drug-likeness (QED) is 0.487. The molecule has 1 aromatic heterocycles. The smallest absolute Gasteiger partial charge is 0.323 e. The third kappa shape index (κ3) is 3.44. The molecule has 0 saturated carbocycles. The standard InChI is InChI=1S/C8H13N3O3/c1-5(12)9-4-7(13)2-6-3-10-8(14)11-6/h3,7,13H,2,4H2,1H3,(H,9,12)(H2,10,11,14). The van der Waals surface area contributed by atoms with E-state index in [0.29, 0.717) is 12.1 Å². The zero-order chi connectivity index (χ0) is 10.6. The number of rotatable bonds is 4. The summed E-state index contributed by atoms with van der Waals surface area (Å²) in [5, 5.41) is 11.9. The van der Waals surface area contributed by atoms with Crippen LogP contribution in [0.5, 0.6) is 0 Å². The van der Waals surface area contributed by atoms with Gasteiger partial charge in [0.15, 0.2) is 0 Å². The Hall–Kier alpha value is -1.56. The van der Waals surface area contributed by atoms with Gasteiger partial charge in [-0.1, -0.05) is 0 Å². The van der Waals surface area contributed by atoms with E-state index in [1.54, 1.807) is 0 Å². The molecule has 6 nitrogen and oxygen atoms in total. The van der Waals surface area contributed by atoms with Gasteiger partial charge < -0.3 is 20.4 Å². The molecule has 1 unspecified atom stereocenters. The first kappa shape index (κ1) is 10.5. The van der Waals surface area contributed by atoms with Crippen LogP contribution < -0.4 is 11.0 Å². The maximum absolute atomic E-state index is 10.7. The van der Waals surface area contributed by atoms with Gasteiger partial charge in [-0.25, -0.2) is 4.79 Å². The van der Waals surface area contributed by atoms with Gasteiger partial charge in [-0.2, -0.15) is 0 Å². The maximum atomic E-state index is 10.7. The molecule has 0 radical (unpaired) electrons. The Kier molecular flexibility index (Phi) is 3.47. The van der Waals surface area contributed by atoms with Crippen molar-refractivity contribution in [2.24, 2.45) is 0 Å². The highest BCUT2D eigenvalue weighted by Gasteiger charge is 2.07. The number of carbonyl (C=O) groups is 1. The van der Waals surface area contributed by atoms with Crippen LogP contribution in [0.3, 0.4) is 0 Å². The number of aliphatic hydroxyl groups excluding tert-OH is 1. The lowest BCUT2D eigenvalue weighted by Gasteiger charge is -2.08. The van der Waals surface area contributed by atoms with Crippen LogP contribution >= 0.6 is 0 Å². The molecule has 14 heavy (non-hydrogen) atoms. The topological polar surface area (TPSA) is 98.0 Å². The summed E-state index contributed by atoms with van der Waals surface area (Å²) >= 11 is 0. The van der Waals surface area contributed by atoms with Crippen LogP contribution in [-0.2, 0) is 11.2 Å². The predicted molar refractivity (Wildman–Crippen MR) is 49.8 cm³/mol. The Labute approximate surface area is 80.4 Å². The lowest BCUT2D eigenvalue weighted by molar-refractivity contribution is -0.119. The van der Waals surface area contributed by atoms with Gasteiger partial charge in [-0.3, -0.25) is 4.79 Å². The van der Waals surface area contributed by atoms with E-state index in [1.165, 1.54) is 13.1 Å². The third-order valence-electron chi connectivity index (χ3n) is 1.69. The number of imidazole rings is 1. The highest BCUT2D eigenvalue weighted by Crippen LogP contribution is 1.94. The average molecular weight is 199 g/mol. The van der Waals surface area contributed by atoms with Crippen LogP contribution in [0, 0.1) is 0 Å². The van der Waals surface area contributed by atoms with Crippen LogP contribution in [0.25, 0.3) is 0 Å². The summed E-state index contributed by atoms with van der Waals surface area (Å²) in [5.74, 6) is -0.188. The van der Waals surface area contributed by atoms with Crippen LogP contribution in [0.4, 0.5) is 0 Å². The first-order chi connectivity index (χ1) is 6.58. The molecule has 0 saturated heterocycles. The summed E-state index contributed by atoms with van der Waals surface area (Å²) in [5.41, 5.74) is 0.319.